The fourth-order valence-electron chi connectivity index (χ4n) is 2.17. The summed E-state index contributed by atoms with van der Waals surface area (Å²) in [5, 5.41) is 0.847. The lowest BCUT2D eigenvalue weighted by Gasteiger charge is -2.50. The second-order valence-corrected chi connectivity index (χ2v) is 4.30. The van der Waals surface area contributed by atoms with Crippen LogP contribution in [0.1, 0.15) is 20.3 Å². The number of hydrogen-bond acceptors (Lipinski definition) is 2. The van der Waals surface area contributed by atoms with Gasteiger partial charge in [-0.2, -0.15) is 0 Å². The molecular weight excluding hydrogens is 142 g/mol. The first-order valence-electron chi connectivity index (χ1n) is 4.04. The summed E-state index contributed by atoms with van der Waals surface area (Å²) in [5.41, 5.74) is 0. The quantitative estimate of drug-likeness (QED) is 0.530. The van der Waals surface area contributed by atoms with Crippen molar-refractivity contribution in [2.75, 3.05) is 0 Å². The smallest absolute Gasteiger partial charge is 0.0333 e. The Bertz CT molecular complexity index is 167. The highest BCUT2D eigenvalue weighted by Gasteiger charge is 2.48. The Hall–Kier alpha value is 0.0200. The lowest BCUT2D eigenvalue weighted by molar-refractivity contribution is 0.158. The highest BCUT2D eigenvalue weighted by atomic mass is 32.2. The van der Waals surface area contributed by atoms with Crippen molar-refractivity contribution in [2.24, 2.45) is 22.2 Å². The van der Waals surface area contributed by atoms with Gasteiger partial charge in [0.2, 0.25) is 0 Å². The summed E-state index contributed by atoms with van der Waals surface area (Å²) in [6, 6.07) is 0. The lowest BCUT2D eigenvalue weighted by atomic mass is 9.64. The van der Waals surface area contributed by atoms with Crippen LogP contribution >= 0.6 is 11.9 Å². The minimum absolute atomic E-state index is 0.816. The zero-order valence-electron chi connectivity index (χ0n) is 6.45. The third-order valence-corrected chi connectivity index (χ3v) is 4.19. The number of nitrogens with zero attached hydrogens (tertiary/aromatic N) is 1. The average Bonchev–Trinajstić information content (AvgIpc) is 2.02. The maximum absolute atomic E-state index is 4.25. The van der Waals surface area contributed by atoms with Crippen LogP contribution in [0.3, 0.4) is 0 Å². The van der Waals surface area contributed by atoms with Crippen molar-refractivity contribution in [1.29, 1.82) is 0 Å². The SMILES string of the molecule is CCC1C2C=NSC1C2C. The molecule has 2 heterocycles. The molecule has 3 aliphatic rings. The second kappa shape index (κ2) is 2.26. The van der Waals surface area contributed by atoms with Crippen molar-refractivity contribution < 1.29 is 0 Å². The first-order valence-corrected chi connectivity index (χ1v) is 4.87. The van der Waals surface area contributed by atoms with E-state index in [0.717, 1.165) is 23.0 Å². The Morgan fingerprint density at radius 2 is 2.40 bits per heavy atom. The van der Waals surface area contributed by atoms with E-state index in [1.165, 1.54) is 6.42 Å². The van der Waals surface area contributed by atoms with Gasteiger partial charge in [0.25, 0.3) is 0 Å². The Morgan fingerprint density at radius 3 is 2.70 bits per heavy atom. The molecule has 0 aromatic rings. The summed E-state index contributed by atoms with van der Waals surface area (Å²) in [6.07, 6.45) is 3.49. The molecule has 0 aromatic carbocycles. The van der Waals surface area contributed by atoms with Crippen LogP contribution in [0.25, 0.3) is 0 Å². The standard InChI is InChI=1S/C8H13NS/c1-3-6-7-4-9-10-8(6)5(7)2/h4-8H,3H2,1-2H3. The predicted octanol–water partition coefficient (Wildman–Crippen LogP) is 2.38. The minimum Gasteiger partial charge on any atom is -0.228 e. The Morgan fingerprint density at radius 1 is 1.60 bits per heavy atom. The summed E-state index contributed by atoms with van der Waals surface area (Å²) in [4.78, 5) is 0. The first kappa shape index (κ1) is 6.71. The van der Waals surface area contributed by atoms with E-state index in [1.807, 2.05) is 0 Å². The molecule has 1 aliphatic carbocycles. The van der Waals surface area contributed by atoms with Gasteiger partial charge in [-0.15, -0.1) is 0 Å². The third kappa shape index (κ3) is 0.685. The van der Waals surface area contributed by atoms with Crippen LogP contribution < -0.4 is 0 Å². The molecule has 0 N–H and O–H groups in total. The Labute approximate surface area is 66.4 Å². The molecule has 0 spiro atoms. The Kier molecular flexibility index (Phi) is 1.52. The van der Waals surface area contributed by atoms with Gasteiger partial charge in [0.15, 0.2) is 0 Å². The minimum atomic E-state index is 0.816. The second-order valence-electron chi connectivity index (χ2n) is 3.33. The monoisotopic (exact) mass is 155 g/mol. The lowest BCUT2D eigenvalue weighted by Crippen LogP contribution is -2.50. The molecule has 56 valence electrons. The van der Waals surface area contributed by atoms with Crippen LogP contribution in [0, 0.1) is 17.8 Å². The summed E-state index contributed by atoms with van der Waals surface area (Å²) in [7, 11) is 0. The molecule has 0 aromatic heterocycles. The highest BCUT2D eigenvalue weighted by Crippen LogP contribution is 2.51. The molecule has 4 atom stereocenters. The summed E-state index contributed by atoms with van der Waals surface area (Å²) in [5.74, 6) is 2.65. The van der Waals surface area contributed by atoms with E-state index >= 15 is 0 Å². The van der Waals surface area contributed by atoms with Crippen LogP contribution in [0.5, 0.6) is 0 Å². The van der Waals surface area contributed by atoms with Crippen LogP contribution in [0.2, 0.25) is 0 Å². The van der Waals surface area contributed by atoms with Crippen molar-refractivity contribution in [1.82, 2.24) is 0 Å². The van der Waals surface area contributed by atoms with Crippen molar-refractivity contribution in [2.45, 2.75) is 25.5 Å². The van der Waals surface area contributed by atoms with E-state index in [4.69, 9.17) is 0 Å². The highest BCUT2D eigenvalue weighted by molar-refractivity contribution is 7.98. The van der Waals surface area contributed by atoms with Gasteiger partial charge in [0.1, 0.15) is 0 Å². The van der Waals surface area contributed by atoms with Gasteiger partial charge in [-0.1, -0.05) is 20.3 Å². The van der Waals surface area contributed by atoms with Crippen molar-refractivity contribution in [3.8, 4) is 0 Å². The zero-order valence-corrected chi connectivity index (χ0v) is 7.27. The third-order valence-electron chi connectivity index (χ3n) is 2.93. The molecule has 3 rings (SSSR count). The van der Waals surface area contributed by atoms with Gasteiger partial charge < -0.3 is 0 Å². The molecule has 10 heavy (non-hydrogen) atoms. The van der Waals surface area contributed by atoms with E-state index in [9.17, 15) is 0 Å². The van der Waals surface area contributed by atoms with Gasteiger partial charge in [-0.25, -0.2) is 4.40 Å². The molecule has 0 saturated heterocycles. The largest absolute Gasteiger partial charge is 0.228 e. The van der Waals surface area contributed by atoms with E-state index in [0.29, 0.717) is 0 Å². The van der Waals surface area contributed by atoms with Crippen molar-refractivity contribution in [3.63, 3.8) is 0 Å². The van der Waals surface area contributed by atoms with Gasteiger partial charge >= 0.3 is 0 Å². The number of rotatable bonds is 1. The van der Waals surface area contributed by atoms with Crippen LogP contribution in [-0.4, -0.2) is 11.5 Å². The van der Waals surface area contributed by atoms with Crippen molar-refractivity contribution >= 4 is 18.2 Å². The molecule has 4 unspecified atom stereocenters. The van der Waals surface area contributed by atoms with E-state index in [2.05, 4.69) is 24.5 Å². The van der Waals surface area contributed by atoms with Crippen LogP contribution in [0.15, 0.2) is 4.40 Å². The fourth-order valence-corrected chi connectivity index (χ4v) is 3.43. The number of hydrogen-bond donors (Lipinski definition) is 0. The molecule has 1 fully saturated rings. The summed E-state index contributed by atoms with van der Waals surface area (Å²) in [6.45, 7) is 4.63. The summed E-state index contributed by atoms with van der Waals surface area (Å²) < 4.78 is 4.25. The average molecular weight is 155 g/mol. The molecule has 0 amide bonds. The normalized spacial score (nSPS) is 50.6. The number of fused-ring (bicyclic) bond motifs is 1. The Balaban J connectivity index is 2.13. The summed E-state index contributed by atoms with van der Waals surface area (Å²) >= 11 is 1.79. The van der Waals surface area contributed by atoms with Gasteiger partial charge in [-0.3, -0.25) is 0 Å². The van der Waals surface area contributed by atoms with Gasteiger partial charge in [0, 0.05) is 17.4 Å². The molecule has 0 radical (unpaired) electrons. The first-order chi connectivity index (χ1) is 4.84. The van der Waals surface area contributed by atoms with E-state index < -0.39 is 0 Å². The van der Waals surface area contributed by atoms with Crippen LogP contribution in [0.4, 0.5) is 0 Å². The predicted molar refractivity (Wildman–Crippen MR) is 46.3 cm³/mol. The molecule has 2 aliphatic heterocycles. The maximum atomic E-state index is 4.25. The van der Waals surface area contributed by atoms with E-state index in [-0.39, 0.29) is 0 Å². The van der Waals surface area contributed by atoms with Crippen LogP contribution in [-0.2, 0) is 0 Å². The van der Waals surface area contributed by atoms with Gasteiger partial charge in [-0.05, 0) is 23.8 Å². The molecule has 1 saturated carbocycles. The maximum Gasteiger partial charge on any atom is 0.0333 e. The zero-order chi connectivity index (χ0) is 7.14. The topological polar surface area (TPSA) is 12.4 Å². The molecular formula is C8H13NS. The van der Waals surface area contributed by atoms with Crippen molar-refractivity contribution in [3.05, 3.63) is 0 Å². The van der Waals surface area contributed by atoms with E-state index in [1.54, 1.807) is 11.9 Å². The molecule has 2 heteroatoms. The molecule has 1 nitrogen and oxygen atoms in total. The fraction of sp³-hybridized carbons (Fsp3) is 0.875. The molecule has 2 bridgehead atoms. The van der Waals surface area contributed by atoms with Gasteiger partial charge in [0.05, 0.1) is 0 Å².